The Morgan fingerprint density at radius 2 is 1.83 bits per heavy atom. The van der Waals surface area contributed by atoms with Gasteiger partial charge in [-0.3, -0.25) is 4.98 Å². The van der Waals surface area contributed by atoms with E-state index >= 15 is 0 Å². The zero-order valence-corrected chi connectivity index (χ0v) is 11.3. The Labute approximate surface area is 109 Å². The van der Waals surface area contributed by atoms with Crippen LogP contribution in [0.1, 0.15) is 35.2 Å². The molecule has 1 atom stereocenters. The van der Waals surface area contributed by atoms with Crippen molar-refractivity contribution in [1.29, 1.82) is 0 Å². The summed E-state index contributed by atoms with van der Waals surface area (Å²) in [6.45, 7) is 7.39. The maximum absolute atomic E-state index is 4.09. The Morgan fingerprint density at radius 3 is 2.50 bits per heavy atom. The minimum Gasteiger partial charge on any atom is -0.307 e. The first-order valence-electron chi connectivity index (χ1n) is 6.43. The van der Waals surface area contributed by atoms with E-state index in [-0.39, 0.29) is 6.04 Å². The Bertz CT molecular complexity index is 506. The summed E-state index contributed by atoms with van der Waals surface area (Å²) < 4.78 is 0. The number of benzene rings is 1. The van der Waals surface area contributed by atoms with Crippen LogP contribution in [0.25, 0.3) is 0 Å². The Balaban J connectivity index is 2.44. The van der Waals surface area contributed by atoms with Gasteiger partial charge in [0.1, 0.15) is 0 Å². The van der Waals surface area contributed by atoms with Crippen LogP contribution in [-0.2, 0) is 0 Å². The average molecular weight is 240 g/mol. The van der Waals surface area contributed by atoms with Crippen LogP contribution in [0.5, 0.6) is 0 Å². The van der Waals surface area contributed by atoms with Crippen LogP contribution < -0.4 is 5.32 Å². The summed E-state index contributed by atoms with van der Waals surface area (Å²) >= 11 is 0. The van der Waals surface area contributed by atoms with Gasteiger partial charge in [0.25, 0.3) is 0 Å². The van der Waals surface area contributed by atoms with Crippen LogP contribution in [-0.4, -0.2) is 11.5 Å². The predicted octanol–water partition coefficient (Wildman–Crippen LogP) is 3.40. The van der Waals surface area contributed by atoms with Crippen molar-refractivity contribution in [2.45, 2.75) is 26.8 Å². The zero-order valence-electron chi connectivity index (χ0n) is 11.3. The van der Waals surface area contributed by atoms with Gasteiger partial charge in [-0.1, -0.05) is 30.7 Å². The molecule has 0 aliphatic rings. The fraction of sp³-hybridized carbons (Fsp3) is 0.312. The third kappa shape index (κ3) is 2.77. The number of rotatable bonds is 4. The molecule has 0 aliphatic heterocycles. The van der Waals surface area contributed by atoms with E-state index < -0.39 is 0 Å². The molecule has 2 rings (SSSR count). The van der Waals surface area contributed by atoms with Gasteiger partial charge in [0, 0.05) is 12.4 Å². The summed E-state index contributed by atoms with van der Waals surface area (Å²) in [6.07, 6.45) is 3.70. The van der Waals surface area contributed by atoms with Gasteiger partial charge in [0.15, 0.2) is 0 Å². The summed E-state index contributed by atoms with van der Waals surface area (Å²) in [4.78, 5) is 4.09. The number of hydrogen-bond acceptors (Lipinski definition) is 2. The third-order valence-corrected chi connectivity index (χ3v) is 3.19. The second kappa shape index (κ2) is 5.78. The first-order chi connectivity index (χ1) is 8.72. The van der Waals surface area contributed by atoms with Gasteiger partial charge < -0.3 is 5.32 Å². The molecule has 1 unspecified atom stereocenters. The minimum atomic E-state index is 0.248. The highest BCUT2D eigenvalue weighted by molar-refractivity contribution is 5.38. The monoisotopic (exact) mass is 240 g/mol. The van der Waals surface area contributed by atoms with Crippen molar-refractivity contribution in [3.8, 4) is 0 Å². The van der Waals surface area contributed by atoms with Gasteiger partial charge in [-0.05, 0) is 49.2 Å². The number of aryl methyl sites for hydroxylation is 2. The molecular formula is C16H20N2. The van der Waals surface area contributed by atoms with E-state index in [4.69, 9.17) is 0 Å². The molecule has 0 aliphatic carbocycles. The second-order valence-electron chi connectivity index (χ2n) is 4.63. The average Bonchev–Trinajstić information content (AvgIpc) is 2.40. The molecule has 0 radical (unpaired) electrons. The molecule has 18 heavy (non-hydrogen) atoms. The second-order valence-corrected chi connectivity index (χ2v) is 4.63. The molecule has 0 bridgehead atoms. The molecule has 1 aromatic heterocycles. The summed E-state index contributed by atoms with van der Waals surface area (Å²) in [5.74, 6) is 0. The van der Waals surface area contributed by atoms with E-state index in [2.05, 4.69) is 61.4 Å². The highest BCUT2D eigenvalue weighted by Gasteiger charge is 2.14. The fourth-order valence-electron chi connectivity index (χ4n) is 2.24. The molecule has 94 valence electrons. The highest BCUT2D eigenvalue weighted by atomic mass is 14.9. The first-order valence-corrected chi connectivity index (χ1v) is 6.43. The lowest BCUT2D eigenvalue weighted by Crippen LogP contribution is -2.22. The van der Waals surface area contributed by atoms with Gasteiger partial charge in [-0.2, -0.15) is 0 Å². The topological polar surface area (TPSA) is 24.9 Å². The molecule has 1 aromatic carbocycles. The Kier molecular flexibility index (Phi) is 4.11. The van der Waals surface area contributed by atoms with Crippen molar-refractivity contribution in [2.75, 3.05) is 6.54 Å². The maximum Gasteiger partial charge on any atom is 0.0580 e. The summed E-state index contributed by atoms with van der Waals surface area (Å²) in [5, 5.41) is 3.56. The van der Waals surface area contributed by atoms with Gasteiger partial charge >= 0.3 is 0 Å². The lowest BCUT2D eigenvalue weighted by atomic mass is 9.94. The van der Waals surface area contributed by atoms with Crippen molar-refractivity contribution >= 4 is 0 Å². The molecule has 0 fully saturated rings. The molecule has 0 amide bonds. The minimum absolute atomic E-state index is 0.248. The van der Waals surface area contributed by atoms with Gasteiger partial charge in [-0.25, -0.2) is 0 Å². The van der Waals surface area contributed by atoms with Crippen molar-refractivity contribution in [2.24, 2.45) is 0 Å². The van der Waals surface area contributed by atoms with E-state index in [0.717, 1.165) is 6.54 Å². The normalized spacial score (nSPS) is 12.4. The van der Waals surface area contributed by atoms with E-state index in [1.54, 1.807) is 0 Å². The number of hydrogen-bond donors (Lipinski definition) is 1. The summed E-state index contributed by atoms with van der Waals surface area (Å²) in [7, 11) is 0. The molecule has 2 aromatic rings. The molecule has 0 saturated heterocycles. The van der Waals surface area contributed by atoms with Crippen LogP contribution in [0.3, 0.4) is 0 Å². The Morgan fingerprint density at radius 1 is 1.11 bits per heavy atom. The van der Waals surface area contributed by atoms with Crippen LogP contribution in [0.4, 0.5) is 0 Å². The quantitative estimate of drug-likeness (QED) is 0.886. The lowest BCUT2D eigenvalue weighted by molar-refractivity contribution is 0.626. The van der Waals surface area contributed by atoms with Crippen molar-refractivity contribution in [1.82, 2.24) is 10.3 Å². The van der Waals surface area contributed by atoms with Crippen molar-refractivity contribution in [3.05, 3.63) is 65.0 Å². The molecule has 0 spiro atoms. The molecule has 0 saturated carbocycles. The highest BCUT2D eigenvalue weighted by Crippen LogP contribution is 2.25. The zero-order chi connectivity index (χ0) is 13.0. The molecule has 1 heterocycles. The van der Waals surface area contributed by atoms with Gasteiger partial charge in [0.2, 0.25) is 0 Å². The molecule has 2 nitrogen and oxygen atoms in total. The van der Waals surface area contributed by atoms with Crippen LogP contribution >= 0.6 is 0 Å². The van der Waals surface area contributed by atoms with E-state index in [9.17, 15) is 0 Å². The summed E-state index contributed by atoms with van der Waals surface area (Å²) in [6, 6.07) is 11.0. The van der Waals surface area contributed by atoms with Gasteiger partial charge in [0.05, 0.1) is 6.04 Å². The molecule has 2 heteroatoms. The van der Waals surface area contributed by atoms with Crippen LogP contribution in [0.2, 0.25) is 0 Å². The predicted molar refractivity (Wildman–Crippen MR) is 75.7 cm³/mol. The number of aromatic nitrogens is 1. The SMILES string of the molecule is CCNC(c1ccncc1)c1cc(C)ccc1C. The van der Waals surface area contributed by atoms with E-state index in [1.807, 2.05) is 12.4 Å². The fourth-order valence-corrected chi connectivity index (χ4v) is 2.24. The number of nitrogens with one attached hydrogen (secondary N) is 1. The molecule has 1 N–H and O–H groups in total. The maximum atomic E-state index is 4.09. The Hall–Kier alpha value is -1.67. The number of nitrogens with zero attached hydrogens (tertiary/aromatic N) is 1. The standard InChI is InChI=1S/C16H20N2/c1-4-18-16(14-7-9-17-10-8-14)15-11-12(2)5-6-13(15)3/h5-11,16,18H,4H2,1-3H3. The molecular weight excluding hydrogens is 220 g/mol. The van der Waals surface area contributed by atoms with Crippen molar-refractivity contribution in [3.63, 3.8) is 0 Å². The smallest absolute Gasteiger partial charge is 0.0580 e. The number of pyridine rings is 1. The van der Waals surface area contributed by atoms with Gasteiger partial charge in [-0.15, -0.1) is 0 Å². The van der Waals surface area contributed by atoms with Crippen molar-refractivity contribution < 1.29 is 0 Å². The van der Waals surface area contributed by atoms with E-state index in [1.165, 1.54) is 22.3 Å². The largest absolute Gasteiger partial charge is 0.307 e. The van der Waals surface area contributed by atoms with Crippen LogP contribution in [0.15, 0.2) is 42.7 Å². The third-order valence-electron chi connectivity index (χ3n) is 3.19. The van der Waals surface area contributed by atoms with Crippen LogP contribution in [0, 0.1) is 13.8 Å². The first kappa shape index (κ1) is 12.8. The summed E-state index contributed by atoms with van der Waals surface area (Å²) in [5.41, 5.74) is 5.24. The lowest BCUT2D eigenvalue weighted by Gasteiger charge is -2.21. The van der Waals surface area contributed by atoms with E-state index in [0.29, 0.717) is 0 Å².